The van der Waals surface area contributed by atoms with E-state index in [-0.39, 0.29) is 5.91 Å². The number of aryl methyl sites for hydroxylation is 2. The molecule has 5 rings (SSSR count). The number of benzene rings is 3. The van der Waals surface area contributed by atoms with E-state index in [0.717, 1.165) is 56.1 Å². The zero-order chi connectivity index (χ0) is 26.1. The van der Waals surface area contributed by atoms with E-state index in [1.165, 1.54) is 11.3 Å². The fourth-order valence-electron chi connectivity index (χ4n) is 4.43. The largest absolute Gasteiger partial charge is 0.497 e. The van der Waals surface area contributed by atoms with Crippen molar-refractivity contribution in [3.8, 4) is 33.9 Å². The molecule has 2 heterocycles. The van der Waals surface area contributed by atoms with Crippen molar-refractivity contribution in [2.45, 2.75) is 13.8 Å². The number of carbonyl (C=O) groups excluding carboxylic acids is 1. The Morgan fingerprint density at radius 3 is 1.97 bits per heavy atom. The molecule has 0 atom stereocenters. The molecule has 186 valence electrons. The van der Waals surface area contributed by atoms with E-state index in [0.29, 0.717) is 15.4 Å². The van der Waals surface area contributed by atoms with Crippen molar-refractivity contribution in [2.24, 2.45) is 0 Å². The Bertz CT molecular complexity index is 1590. The Morgan fingerprint density at radius 1 is 0.838 bits per heavy atom. The predicted octanol–water partition coefficient (Wildman–Crippen LogP) is 7.10. The Morgan fingerprint density at radius 2 is 1.41 bits per heavy atom. The molecule has 37 heavy (non-hydrogen) atoms. The van der Waals surface area contributed by atoms with E-state index in [9.17, 15) is 4.79 Å². The van der Waals surface area contributed by atoms with Crippen LogP contribution in [0.25, 0.3) is 32.6 Å². The summed E-state index contributed by atoms with van der Waals surface area (Å²) in [6, 6.07) is 23.5. The minimum atomic E-state index is -0.253. The summed E-state index contributed by atoms with van der Waals surface area (Å²) in [6.07, 6.45) is 0. The molecule has 2 aromatic heterocycles. The second kappa shape index (κ2) is 9.95. The number of hydrogen-bond acceptors (Lipinski definition) is 6. The van der Waals surface area contributed by atoms with Crippen molar-refractivity contribution in [3.63, 3.8) is 0 Å². The molecule has 0 radical (unpaired) electrons. The number of nitrogens with one attached hydrogen (secondary N) is 1. The van der Waals surface area contributed by atoms with Gasteiger partial charge in [-0.1, -0.05) is 18.2 Å². The molecule has 7 heteroatoms. The maximum atomic E-state index is 13.3. The Labute approximate surface area is 219 Å². The smallest absolute Gasteiger partial charge is 0.267 e. The summed E-state index contributed by atoms with van der Waals surface area (Å²) in [6.45, 7) is 4.00. The quantitative estimate of drug-likeness (QED) is 0.255. The van der Waals surface area contributed by atoms with E-state index in [2.05, 4.69) is 11.4 Å². The number of nitrogen functional groups attached to an aromatic ring is 1. The summed E-state index contributed by atoms with van der Waals surface area (Å²) in [7, 11) is 3.28. The first-order chi connectivity index (χ1) is 17.9. The highest BCUT2D eigenvalue weighted by Crippen LogP contribution is 2.42. The van der Waals surface area contributed by atoms with Crippen molar-refractivity contribution in [1.82, 2.24) is 4.98 Å². The number of nitrogens with zero attached hydrogens (tertiary/aromatic N) is 1. The minimum Gasteiger partial charge on any atom is -0.497 e. The van der Waals surface area contributed by atoms with E-state index < -0.39 is 0 Å². The van der Waals surface area contributed by atoms with E-state index in [4.69, 9.17) is 20.2 Å². The maximum absolute atomic E-state index is 13.3. The van der Waals surface area contributed by atoms with Crippen molar-refractivity contribution in [1.29, 1.82) is 0 Å². The molecule has 0 saturated heterocycles. The first-order valence-electron chi connectivity index (χ1n) is 11.8. The standard InChI is InChI=1S/C30H27N3O3S/c1-17-13-18(2)15-21(14-17)32-29(34)28-27(31)26-24(19-5-9-22(35-3)10-6-19)16-25(33-30(26)37-28)20-7-11-23(36-4)12-8-20/h5-16H,31H2,1-4H3,(H,32,34). The molecule has 6 nitrogen and oxygen atoms in total. The lowest BCUT2D eigenvalue weighted by Crippen LogP contribution is -2.12. The van der Waals surface area contributed by atoms with Gasteiger partial charge in [0.25, 0.3) is 5.91 Å². The molecule has 0 aliphatic carbocycles. The zero-order valence-electron chi connectivity index (χ0n) is 21.1. The van der Waals surface area contributed by atoms with Gasteiger partial charge >= 0.3 is 0 Å². The summed E-state index contributed by atoms with van der Waals surface area (Å²) in [5, 5.41) is 3.77. The Hall–Kier alpha value is -4.36. The summed E-state index contributed by atoms with van der Waals surface area (Å²) < 4.78 is 10.6. The van der Waals surface area contributed by atoms with E-state index >= 15 is 0 Å². The van der Waals surface area contributed by atoms with Gasteiger partial charge in [-0.2, -0.15) is 0 Å². The van der Waals surface area contributed by atoms with Gasteiger partial charge in [0, 0.05) is 16.6 Å². The summed E-state index contributed by atoms with van der Waals surface area (Å²) in [5.74, 6) is 1.28. The Kier molecular flexibility index (Phi) is 6.54. The normalized spacial score (nSPS) is 10.9. The maximum Gasteiger partial charge on any atom is 0.267 e. The molecule has 0 spiro atoms. The van der Waals surface area contributed by atoms with Crippen LogP contribution < -0.4 is 20.5 Å². The number of nitrogens with two attached hydrogens (primary N) is 1. The van der Waals surface area contributed by atoms with Crippen LogP contribution in [0.4, 0.5) is 11.4 Å². The summed E-state index contributed by atoms with van der Waals surface area (Å²) in [5.41, 5.74) is 13.5. The molecular weight excluding hydrogens is 482 g/mol. The van der Waals surface area contributed by atoms with E-state index in [1.807, 2.05) is 80.6 Å². The lowest BCUT2D eigenvalue weighted by Gasteiger charge is -2.10. The molecule has 0 unspecified atom stereocenters. The second-order valence-corrected chi connectivity index (χ2v) is 9.87. The number of anilines is 2. The average molecular weight is 510 g/mol. The van der Waals surface area contributed by atoms with Crippen molar-refractivity contribution >= 4 is 38.8 Å². The molecule has 3 aromatic carbocycles. The number of amides is 1. The van der Waals surface area contributed by atoms with Crippen LogP contribution in [0, 0.1) is 13.8 Å². The number of aromatic nitrogens is 1. The Balaban J connectivity index is 1.65. The van der Waals surface area contributed by atoms with Gasteiger partial charge < -0.3 is 20.5 Å². The number of fused-ring (bicyclic) bond motifs is 1. The monoisotopic (exact) mass is 509 g/mol. The van der Waals surface area contributed by atoms with Crippen molar-refractivity contribution in [2.75, 3.05) is 25.3 Å². The van der Waals surface area contributed by atoms with Gasteiger partial charge in [0.1, 0.15) is 21.2 Å². The third-order valence-corrected chi connectivity index (χ3v) is 7.27. The van der Waals surface area contributed by atoms with Crippen LogP contribution in [0.1, 0.15) is 20.8 Å². The fraction of sp³-hybridized carbons (Fsp3) is 0.133. The molecule has 3 N–H and O–H groups in total. The molecule has 1 amide bonds. The van der Waals surface area contributed by atoms with E-state index in [1.54, 1.807) is 14.2 Å². The second-order valence-electron chi connectivity index (χ2n) is 8.87. The fourth-order valence-corrected chi connectivity index (χ4v) is 5.45. The third kappa shape index (κ3) is 4.86. The number of pyridine rings is 1. The highest BCUT2D eigenvalue weighted by molar-refractivity contribution is 7.21. The van der Waals surface area contributed by atoms with Crippen LogP contribution in [0.15, 0.2) is 72.8 Å². The minimum absolute atomic E-state index is 0.253. The molecule has 0 fully saturated rings. The van der Waals surface area contributed by atoms with Crippen LogP contribution in [-0.4, -0.2) is 25.1 Å². The van der Waals surface area contributed by atoms with Crippen LogP contribution in [0.5, 0.6) is 11.5 Å². The number of thiophene rings is 1. The van der Waals surface area contributed by atoms with Gasteiger partial charge in [0.05, 0.1) is 25.6 Å². The predicted molar refractivity (Wildman–Crippen MR) is 152 cm³/mol. The number of carbonyl (C=O) groups is 1. The first kappa shape index (κ1) is 24.3. The first-order valence-corrected chi connectivity index (χ1v) is 12.6. The lowest BCUT2D eigenvalue weighted by molar-refractivity contribution is 0.103. The molecule has 0 saturated carbocycles. The third-order valence-electron chi connectivity index (χ3n) is 6.17. The molecule has 0 aliphatic rings. The number of hydrogen-bond donors (Lipinski definition) is 2. The van der Waals surface area contributed by atoms with Gasteiger partial charge in [-0.15, -0.1) is 11.3 Å². The van der Waals surface area contributed by atoms with Gasteiger partial charge in [0.15, 0.2) is 0 Å². The number of ether oxygens (including phenoxy) is 2. The highest BCUT2D eigenvalue weighted by atomic mass is 32.1. The lowest BCUT2D eigenvalue weighted by atomic mass is 9.99. The molecule has 0 aliphatic heterocycles. The van der Waals surface area contributed by atoms with Crippen LogP contribution in [0.2, 0.25) is 0 Å². The topological polar surface area (TPSA) is 86.5 Å². The van der Waals surface area contributed by atoms with Crippen LogP contribution >= 0.6 is 11.3 Å². The summed E-state index contributed by atoms with van der Waals surface area (Å²) >= 11 is 1.30. The highest BCUT2D eigenvalue weighted by Gasteiger charge is 2.22. The van der Waals surface area contributed by atoms with Crippen LogP contribution in [-0.2, 0) is 0 Å². The average Bonchev–Trinajstić information content (AvgIpc) is 3.24. The van der Waals surface area contributed by atoms with Gasteiger partial charge in [0.2, 0.25) is 0 Å². The van der Waals surface area contributed by atoms with Crippen molar-refractivity contribution in [3.05, 3.63) is 88.8 Å². The molecule has 0 bridgehead atoms. The molecular formula is C30H27N3O3S. The number of methoxy groups -OCH3 is 2. The van der Waals surface area contributed by atoms with Gasteiger partial charge in [-0.25, -0.2) is 4.98 Å². The zero-order valence-corrected chi connectivity index (χ0v) is 21.9. The van der Waals surface area contributed by atoms with Gasteiger partial charge in [-0.05, 0) is 90.7 Å². The number of rotatable bonds is 6. The summed E-state index contributed by atoms with van der Waals surface area (Å²) in [4.78, 5) is 19.4. The van der Waals surface area contributed by atoms with Crippen molar-refractivity contribution < 1.29 is 14.3 Å². The SMILES string of the molecule is COc1ccc(-c2cc(-c3ccc(OC)cc3)c3c(N)c(C(=O)Nc4cc(C)cc(C)c4)sc3n2)cc1. The molecule has 5 aromatic rings. The van der Waals surface area contributed by atoms with Crippen LogP contribution in [0.3, 0.4) is 0 Å². The van der Waals surface area contributed by atoms with Gasteiger partial charge in [-0.3, -0.25) is 4.79 Å².